The van der Waals surface area contributed by atoms with Crippen LogP contribution >= 0.6 is 0 Å². The van der Waals surface area contributed by atoms with Crippen LogP contribution in [0.25, 0.3) is 11.1 Å². The lowest BCUT2D eigenvalue weighted by atomic mass is 9.99. The maximum absolute atomic E-state index is 12.3. The van der Waals surface area contributed by atoms with E-state index in [0.717, 1.165) is 16.7 Å². The fourth-order valence-electron chi connectivity index (χ4n) is 2.82. The van der Waals surface area contributed by atoms with E-state index in [1.54, 1.807) is 0 Å². The number of nitrogens with one attached hydrogen (secondary N) is 1. The van der Waals surface area contributed by atoms with Crippen molar-refractivity contribution in [1.82, 2.24) is 15.3 Å². The number of carbonyl (C=O) groups is 2. The summed E-state index contributed by atoms with van der Waals surface area (Å²) in [5, 5.41) is 11.9. The van der Waals surface area contributed by atoms with E-state index in [1.165, 1.54) is 18.6 Å². The van der Waals surface area contributed by atoms with Gasteiger partial charge in [0.05, 0.1) is 6.42 Å². The molecule has 1 heterocycles. The molecule has 1 amide bonds. The number of rotatable bonds is 7. The van der Waals surface area contributed by atoms with Crippen molar-refractivity contribution >= 4 is 11.9 Å². The predicted octanol–water partition coefficient (Wildman–Crippen LogP) is 2.96. The lowest BCUT2D eigenvalue weighted by molar-refractivity contribution is -0.137. The van der Waals surface area contributed by atoms with Gasteiger partial charge in [-0.25, -0.2) is 9.97 Å². The summed E-state index contributed by atoms with van der Waals surface area (Å²) in [5.41, 5.74) is 3.35. The molecule has 0 saturated heterocycles. The Labute approximate surface area is 156 Å². The Morgan fingerprint density at radius 2 is 1.67 bits per heavy atom. The second kappa shape index (κ2) is 8.71. The van der Waals surface area contributed by atoms with Crippen molar-refractivity contribution < 1.29 is 14.7 Å². The minimum Gasteiger partial charge on any atom is -0.481 e. The average molecular weight is 361 g/mol. The first-order valence-corrected chi connectivity index (χ1v) is 8.55. The van der Waals surface area contributed by atoms with Gasteiger partial charge in [0, 0.05) is 12.2 Å². The van der Waals surface area contributed by atoms with Gasteiger partial charge in [-0.3, -0.25) is 9.59 Å². The van der Waals surface area contributed by atoms with E-state index in [9.17, 15) is 9.59 Å². The molecular weight excluding hydrogens is 342 g/mol. The van der Waals surface area contributed by atoms with E-state index in [4.69, 9.17) is 5.11 Å². The Balaban J connectivity index is 1.70. The highest BCUT2D eigenvalue weighted by Crippen LogP contribution is 2.20. The molecule has 0 fully saturated rings. The summed E-state index contributed by atoms with van der Waals surface area (Å²) in [5.74, 6) is -1.38. The Morgan fingerprint density at radius 1 is 0.963 bits per heavy atom. The van der Waals surface area contributed by atoms with Gasteiger partial charge in [-0.05, 0) is 29.2 Å². The highest BCUT2D eigenvalue weighted by Gasteiger charge is 2.18. The quantitative estimate of drug-likeness (QED) is 0.675. The highest BCUT2D eigenvalue weighted by molar-refractivity contribution is 5.92. The number of aliphatic carboxylic acids is 1. The molecule has 0 aliphatic carbocycles. The van der Waals surface area contributed by atoms with E-state index in [2.05, 4.69) is 15.3 Å². The second-order valence-corrected chi connectivity index (χ2v) is 6.13. The maximum Gasteiger partial charge on any atom is 0.305 e. The molecule has 0 radical (unpaired) electrons. The van der Waals surface area contributed by atoms with Gasteiger partial charge in [0.25, 0.3) is 5.91 Å². The largest absolute Gasteiger partial charge is 0.481 e. The molecule has 0 aliphatic rings. The van der Waals surface area contributed by atoms with Crippen LogP contribution in [0.15, 0.2) is 73.2 Å². The first-order chi connectivity index (χ1) is 13.1. The number of hydrogen-bond acceptors (Lipinski definition) is 4. The van der Waals surface area contributed by atoms with Gasteiger partial charge in [0.1, 0.15) is 12.0 Å². The van der Waals surface area contributed by atoms with Crippen LogP contribution in [-0.2, 0) is 11.2 Å². The van der Waals surface area contributed by atoms with Crippen LogP contribution in [0.5, 0.6) is 0 Å². The lowest BCUT2D eigenvalue weighted by Gasteiger charge is -2.17. The first kappa shape index (κ1) is 18.3. The van der Waals surface area contributed by atoms with E-state index in [1.807, 2.05) is 54.6 Å². The van der Waals surface area contributed by atoms with Crippen molar-refractivity contribution in [1.29, 1.82) is 0 Å². The molecule has 0 bridgehead atoms. The molecule has 0 saturated carbocycles. The molecule has 0 spiro atoms. The van der Waals surface area contributed by atoms with Crippen LogP contribution < -0.4 is 5.32 Å². The van der Waals surface area contributed by atoms with Gasteiger partial charge < -0.3 is 10.4 Å². The highest BCUT2D eigenvalue weighted by atomic mass is 16.4. The number of carboxylic acid groups (broad SMARTS) is 1. The first-order valence-electron chi connectivity index (χ1n) is 8.55. The summed E-state index contributed by atoms with van der Waals surface area (Å²) in [6, 6.07) is 18.8. The van der Waals surface area contributed by atoms with Gasteiger partial charge in [0.2, 0.25) is 0 Å². The minimum absolute atomic E-state index is 0.169. The van der Waals surface area contributed by atoms with E-state index < -0.39 is 17.9 Å². The Hall–Kier alpha value is -3.54. The topological polar surface area (TPSA) is 92.2 Å². The second-order valence-electron chi connectivity index (χ2n) is 6.13. The molecule has 0 aliphatic heterocycles. The zero-order valence-electron chi connectivity index (χ0n) is 14.6. The molecule has 6 heteroatoms. The van der Waals surface area contributed by atoms with Crippen LogP contribution in [0.1, 0.15) is 22.5 Å². The van der Waals surface area contributed by atoms with Crippen LogP contribution in [0.2, 0.25) is 0 Å². The van der Waals surface area contributed by atoms with E-state index >= 15 is 0 Å². The summed E-state index contributed by atoms with van der Waals surface area (Å²) in [4.78, 5) is 31.1. The number of amides is 1. The van der Waals surface area contributed by atoms with Crippen molar-refractivity contribution in [2.45, 2.75) is 18.9 Å². The van der Waals surface area contributed by atoms with Gasteiger partial charge in [0.15, 0.2) is 0 Å². The molecule has 1 aromatic heterocycles. The van der Waals surface area contributed by atoms with Crippen molar-refractivity contribution in [3.8, 4) is 11.1 Å². The van der Waals surface area contributed by atoms with Crippen molar-refractivity contribution in [3.05, 3.63) is 84.4 Å². The van der Waals surface area contributed by atoms with E-state index in [-0.39, 0.29) is 12.1 Å². The summed E-state index contributed by atoms with van der Waals surface area (Å²) < 4.78 is 0. The molecule has 6 nitrogen and oxygen atoms in total. The molecule has 2 aromatic carbocycles. The monoisotopic (exact) mass is 361 g/mol. The SMILES string of the molecule is O=C(O)CC(Cc1ccc(-c2ccccc2)cc1)NC(=O)c1ccncn1. The Kier molecular flexibility index (Phi) is 5.89. The third-order valence-corrected chi connectivity index (χ3v) is 4.11. The number of carbonyl (C=O) groups excluding carboxylic acids is 1. The van der Waals surface area contributed by atoms with Crippen molar-refractivity contribution in [2.24, 2.45) is 0 Å². The van der Waals surface area contributed by atoms with Crippen molar-refractivity contribution in [3.63, 3.8) is 0 Å². The molecular formula is C21H19N3O3. The maximum atomic E-state index is 12.3. The summed E-state index contributed by atoms with van der Waals surface area (Å²) >= 11 is 0. The molecule has 2 N–H and O–H groups in total. The number of benzene rings is 2. The normalized spacial score (nSPS) is 11.6. The van der Waals surface area contributed by atoms with Crippen LogP contribution in [0.4, 0.5) is 0 Å². The third kappa shape index (κ3) is 5.22. The third-order valence-electron chi connectivity index (χ3n) is 4.11. The molecule has 1 unspecified atom stereocenters. The summed E-state index contributed by atoms with van der Waals surface area (Å²) in [7, 11) is 0. The molecule has 3 rings (SSSR count). The zero-order chi connectivity index (χ0) is 19.1. The smallest absolute Gasteiger partial charge is 0.305 e. The van der Waals surface area contributed by atoms with Crippen LogP contribution in [0.3, 0.4) is 0 Å². The van der Waals surface area contributed by atoms with Gasteiger partial charge in [-0.2, -0.15) is 0 Å². The fraction of sp³-hybridized carbons (Fsp3) is 0.143. The molecule has 3 aromatic rings. The van der Waals surface area contributed by atoms with E-state index in [0.29, 0.717) is 6.42 Å². The minimum atomic E-state index is -0.969. The summed E-state index contributed by atoms with van der Waals surface area (Å²) in [6.45, 7) is 0. The van der Waals surface area contributed by atoms with Gasteiger partial charge >= 0.3 is 5.97 Å². The summed E-state index contributed by atoms with van der Waals surface area (Å²) in [6.07, 6.45) is 3.00. The van der Waals surface area contributed by atoms with Gasteiger partial charge in [-0.1, -0.05) is 54.6 Å². The number of carboxylic acids is 1. The standard InChI is InChI=1S/C21H19N3O3/c25-20(26)13-18(24-21(27)19-10-11-22-14-23-19)12-15-6-8-17(9-7-15)16-4-2-1-3-5-16/h1-11,14,18H,12-13H2,(H,24,27)(H,25,26). The molecule has 1 atom stereocenters. The zero-order valence-corrected chi connectivity index (χ0v) is 14.6. The molecule has 27 heavy (non-hydrogen) atoms. The van der Waals surface area contributed by atoms with Gasteiger partial charge in [-0.15, -0.1) is 0 Å². The Bertz CT molecular complexity index is 897. The van der Waals surface area contributed by atoms with Crippen LogP contribution in [0, 0.1) is 0 Å². The fourth-order valence-corrected chi connectivity index (χ4v) is 2.82. The number of hydrogen-bond donors (Lipinski definition) is 2. The Morgan fingerprint density at radius 3 is 2.30 bits per heavy atom. The lowest BCUT2D eigenvalue weighted by Crippen LogP contribution is -2.38. The van der Waals surface area contributed by atoms with Crippen molar-refractivity contribution in [2.75, 3.05) is 0 Å². The predicted molar refractivity (Wildman–Crippen MR) is 101 cm³/mol. The molecule has 136 valence electrons. The number of nitrogens with zero attached hydrogens (tertiary/aromatic N) is 2. The van der Waals surface area contributed by atoms with Crippen LogP contribution in [-0.4, -0.2) is 33.0 Å². The average Bonchev–Trinajstić information content (AvgIpc) is 2.69. The number of aromatic nitrogens is 2.